The predicted octanol–water partition coefficient (Wildman–Crippen LogP) is 3.06. The fourth-order valence-electron chi connectivity index (χ4n) is 2.20. The van der Waals surface area contributed by atoms with Gasteiger partial charge in [0.15, 0.2) is 11.0 Å². The lowest BCUT2D eigenvalue weighted by atomic mass is 10.2. The number of phenolic OH excluding ortho intramolecular Hbond substituents is 1. The van der Waals surface area contributed by atoms with Gasteiger partial charge in [-0.2, -0.15) is 0 Å². The number of carbonyl (C=O) groups is 1. The molecule has 0 unspecified atom stereocenters. The molecule has 0 bridgehead atoms. The van der Waals surface area contributed by atoms with Crippen molar-refractivity contribution in [3.8, 4) is 17.1 Å². The second-order valence-electron chi connectivity index (χ2n) is 5.26. The molecule has 0 saturated carbocycles. The fraction of sp³-hybridized carbons (Fsp3) is 0.118. The molecule has 128 valence electrons. The largest absolute Gasteiger partial charge is 0.508 e. The van der Waals surface area contributed by atoms with Crippen molar-refractivity contribution in [1.29, 1.82) is 0 Å². The Balaban J connectivity index is 1.64. The molecule has 8 heteroatoms. The first-order valence-electron chi connectivity index (χ1n) is 7.40. The van der Waals surface area contributed by atoms with E-state index in [9.17, 15) is 14.3 Å². The van der Waals surface area contributed by atoms with Gasteiger partial charge < -0.3 is 15.0 Å². The first-order valence-corrected chi connectivity index (χ1v) is 8.38. The lowest BCUT2D eigenvalue weighted by Gasteiger charge is -2.06. The van der Waals surface area contributed by atoms with Gasteiger partial charge in [0.1, 0.15) is 11.6 Å². The fourth-order valence-corrected chi connectivity index (χ4v) is 2.91. The van der Waals surface area contributed by atoms with Gasteiger partial charge in [-0.3, -0.25) is 4.79 Å². The maximum Gasteiger partial charge on any atom is 0.234 e. The van der Waals surface area contributed by atoms with Gasteiger partial charge in [-0.1, -0.05) is 17.8 Å². The molecular weight excluding hydrogens is 343 g/mol. The van der Waals surface area contributed by atoms with Gasteiger partial charge in [0.25, 0.3) is 0 Å². The molecule has 1 aromatic heterocycles. The second-order valence-corrected chi connectivity index (χ2v) is 6.20. The molecule has 1 heterocycles. The molecule has 3 rings (SSSR count). The number of phenols is 1. The maximum atomic E-state index is 13.0. The first kappa shape index (κ1) is 17.0. The van der Waals surface area contributed by atoms with E-state index < -0.39 is 0 Å². The van der Waals surface area contributed by atoms with Crippen molar-refractivity contribution in [2.75, 3.05) is 11.1 Å². The number of aromatic nitrogens is 3. The van der Waals surface area contributed by atoms with Crippen molar-refractivity contribution in [2.24, 2.45) is 7.05 Å². The predicted molar refractivity (Wildman–Crippen MR) is 93.9 cm³/mol. The third-order valence-corrected chi connectivity index (χ3v) is 4.42. The van der Waals surface area contributed by atoms with Gasteiger partial charge >= 0.3 is 0 Å². The lowest BCUT2D eigenvalue weighted by Crippen LogP contribution is -2.14. The first-order chi connectivity index (χ1) is 12.0. The summed E-state index contributed by atoms with van der Waals surface area (Å²) in [5.41, 5.74) is 1.27. The van der Waals surface area contributed by atoms with Crippen molar-refractivity contribution < 1.29 is 14.3 Å². The van der Waals surface area contributed by atoms with Gasteiger partial charge in [0, 0.05) is 24.4 Å². The number of nitrogens with zero attached hydrogens (tertiary/aromatic N) is 3. The molecule has 0 fully saturated rings. The number of aromatic hydroxyl groups is 1. The van der Waals surface area contributed by atoms with Crippen LogP contribution in [0, 0.1) is 5.82 Å². The molecule has 0 aliphatic rings. The summed E-state index contributed by atoms with van der Waals surface area (Å²) >= 11 is 1.24. The number of anilines is 1. The lowest BCUT2D eigenvalue weighted by molar-refractivity contribution is -0.113. The van der Waals surface area contributed by atoms with E-state index in [-0.39, 0.29) is 23.2 Å². The van der Waals surface area contributed by atoms with E-state index in [1.165, 1.54) is 36.0 Å². The molecule has 0 aliphatic heterocycles. The van der Waals surface area contributed by atoms with Crippen LogP contribution in [0.2, 0.25) is 0 Å². The maximum absolute atomic E-state index is 13.0. The summed E-state index contributed by atoms with van der Waals surface area (Å²) in [7, 11) is 1.79. The standard InChI is InChI=1S/C17H15FN4O2S/c1-22-16(11-5-7-12(18)8-6-11)20-21-17(22)25-10-15(24)19-13-3-2-4-14(23)9-13/h2-9,23H,10H2,1H3,(H,19,24). The average Bonchev–Trinajstić information content (AvgIpc) is 2.94. The third-order valence-electron chi connectivity index (χ3n) is 3.40. The van der Waals surface area contributed by atoms with E-state index in [1.54, 1.807) is 35.9 Å². The van der Waals surface area contributed by atoms with Gasteiger partial charge in [-0.25, -0.2) is 4.39 Å². The highest BCUT2D eigenvalue weighted by Gasteiger charge is 2.13. The Morgan fingerprint density at radius 1 is 1.24 bits per heavy atom. The van der Waals surface area contributed by atoms with Crippen LogP contribution in [0.3, 0.4) is 0 Å². The number of hydrogen-bond acceptors (Lipinski definition) is 5. The number of amides is 1. The van der Waals surface area contributed by atoms with Crippen molar-refractivity contribution in [1.82, 2.24) is 14.8 Å². The van der Waals surface area contributed by atoms with Crippen LogP contribution < -0.4 is 5.32 Å². The van der Waals surface area contributed by atoms with Crippen LogP contribution in [0.4, 0.5) is 10.1 Å². The topological polar surface area (TPSA) is 80.0 Å². The molecule has 3 aromatic rings. The zero-order valence-electron chi connectivity index (χ0n) is 13.3. The Labute approximate surface area is 147 Å². The van der Waals surface area contributed by atoms with E-state index in [2.05, 4.69) is 15.5 Å². The zero-order valence-corrected chi connectivity index (χ0v) is 14.1. The zero-order chi connectivity index (χ0) is 17.8. The Kier molecular flexibility index (Phi) is 4.99. The summed E-state index contributed by atoms with van der Waals surface area (Å²) in [6.07, 6.45) is 0. The van der Waals surface area contributed by atoms with Crippen LogP contribution in [-0.4, -0.2) is 31.5 Å². The molecule has 2 aromatic carbocycles. The summed E-state index contributed by atoms with van der Waals surface area (Å²) < 4.78 is 14.8. The summed E-state index contributed by atoms with van der Waals surface area (Å²) in [4.78, 5) is 12.0. The quantitative estimate of drug-likeness (QED) is 0.685. The molecule has 2 N–H and O–H groups in total. The highest BCUT2D eigenvalue weighted by atomic mass is 32.2. The Morgan fingerprint density at radius 2 is 2.00 bits per heavy atom. The van der Waals surface area contributed by atoms with E-state index in [1.807, 2.05) is 0 Å². The number of thioether (sulfide) groups is 1. The molecule has 0 atom stereocenters. The number of benzene rings is 2. The number of nitrogens with one attached hydrogen (secondary N) is 1. The second kappa shape index (κ2) is 7.35. The number of halogens is 1. The number of hydrogen-bond donors (Lipinski definition) is 2. The van der Waals surface area contributed by atoms with Gasteiger partial charge in [-0.15, -0.1) is 10.2 Å². The normalized spacial score (nSPS) is 10.6. The summed E-state index contributed by atoms with van der Waals surface area (Å²) in [6, 6.07) is 12.3. The summed E-state index contributed by atoms with van der Waals surface area (Å²) in [6.45, 7) is 0. The van der Waals surface area contributed by atoms with Crippen LogP contribution >= 0.6 is 11.8 Å². The van der Waals surface area contributed by atoms with Crippen molar-refractivity contribution in [2.45, 2.75) is 5.16 Å². The molecule has 6 nitrogen and oxygen atoms in total. The van der Waals surface area contributed by atoms with Crippen molar-refractivity contribution in [3.05, 3.63) is 54.3 Å². The Bertz CT molecular complexity index is 896. The smallest absolute Gasteiger partial charge is 0.234 e. The van der Waals surface area contributed by atoms with Crippen LogP contribution in [0.25, 0.3) is 11.4 Å². The van der Waals surface area contributed by atoms with E-state index in [4.69, 9.17) is 0 Å². The van der Waals surface area contributed by atoms with Crippen molar-refractivity contribution in [3.63, 3.8) is 0 Å². The van der Waals surface area contributed by atoms with E-state index in [0.717, 1.165) is 5.56 Å². The molecule has 25 heavy (non-hydrogen) atoms. The molecule has 0 saturated heterocycles. The van der Waals surface area contributed by atoms with E-state index >= 15 is 0 Å². The third kappa shape index (κ3) is 4.16. The van der Waals surface area contributed by atoms with Gasteiger partial charge in [0.05, 0.1) is 5.75 Å². The van der Waals surface area contributed by atoms with Crippen LogP contribution in [0.5, 0.6) is 5.75 Å². The average molecular weight is 358 g/mol. The minimum absolute atomic E-state index is 0.0858. The van der Waals surface area contributed by atoms with Gasteiger partial charge in [0.2, 0.25) is 5.91 Å². The number of carbonyl (C=O) groups excluding carboxylic acids is 1. The van der Waals surface area contributed by atoms with Crippen molar-refractivity contribution >= 4 is 23.4 Å². The summed E-state index contributed by atoms with van der Waals surface area (Å²) in [5.74, 6) is 0.287. The van der Waals surface area contributed by atoms with Crippen LogP contribution in [-0.2, 0) is 11.8 Å². The number of rotatable bonds is 5. The molecule has 0 spiro atoms. The minimum atomic E-state index is -0.316. The molecular formula is C17H15FN4O2S. The van der Waals surface area contributed by atoms with E-state index in [0.29, 0.717) is 16.7 Å². The van der Waals surface area contributed by atoms with Crippen LogP contribution in [0.1, 0.15) is 0 Å². The molecule has 0 aliphatic carbocycles. The molecule has 0 radical (unpaired) electrons. The minimum Gasteiger partial charge on any atom is -0.508 e. The Hall–Kier alpha value is -2.87. The molecule has 1 amide bonds. The SMILES string of the molecule is Cn1c(SCC(=O)Nc2cccc(O)c2)nnc1-c1ccc(F)cc1. The van der Waals surface area contributed by atoms with Gasteiger partial charge in [-0.05, 0) is 36.4 Å². The highest BCUT2D eigenvalue weighted by molar-refractivity contribution is 7.99. The monoisotopic (exact) mass is 358 g/mol. The summed E-state index contributed by atoms with van der Waals surface area (Å²) in [5, 5.41) is 20.8. The highest BCUT2D eigenvalue weighted by Crippen LogP contribution is 2.23. The van der Waals surface area contributed by atoms with Crippen LogP contribution in [0.15, 0.2) is 53.7 Å². The Morgan fingerprint density at radius 3 is 2.72 bits per heavy atom.